The van der Waals surface area contributed by atoms with Crippen molar-refractivity contribution in [1.82, 2.24) is 14.8 Å². The van der Waals surface area contributed by atoms with Crippen LogP contribution in [0.4, 0.5) is 0 Å². The van der Waals surface area contributed by atoms with Crippen molar-refractivity contribution < 1.29 is 9.84 Å². The minimum atomic E-state index is -0.652. The molecule has 2 aromatic carbocycles. The molecule has 5 nitrogen and oxygen atoms in total. The molecule has 0 spiro atoms. The summed E-state index contributed by atoms with van der Waals surface area (Å²) in [5, 5.41) is 14.5. The van der Waals surface area contributed by atoms with E-state index in [0.717, 1.165) is 17.7 Å². The monoisotopic (exact) mass is 323 g/mol. The summed E-state index contributed by atoms with van der Waals surface area (Å²) in [6.45, 7) is 2.67. The molecule has 0 aliphatic rings. The summed E-state index contributed by atoms with van der Waals surface area (Å²) in [5.74, 6) is 1.41. The van der Waals surface area contributed by atoms with Crippen molar-refractivity contribution in [2.24, 2.45) is 0 Å². The van der Waals surface area contributed by atoms with Gasteiger partial charge in [0.25, 0.3) is 0 Å². The third-order valence-corrected chi connectivity index (χ3v) is 3.74. The van der Waals surface area contributed by atoms with Gasteiger partial charge in [-0.3, -0.25) is 0 Å². The van der Waals surface area contributed by atoms with E-state index in [9.17, 15) is 5.11 Å². The van der Waals surface area contributed by atoms with Gasteiger partial charge < -0.3 is 9.84 Å². The first-order valence-corrected chi connectivity index (χ1v) is 8.09. The quantitative estimate of drug-likeness (QED) is 0.726. The first-order chi connectivity index (χ1) is 11.7. The van der Waals surface area contributed by atoms with Gasteiger partial charge in [-0.2, -0.15) is 5.10 Å². The number of aliphatic hydroxyl groups is 1. The minimum absolute atomic E-state index is 0.214. The summed E-state index contributed by atoms with van der Waals surface area (Å²) in [5.41, 5.74) is 2.22. The third kappa shape index (κ3) is 4.20. The maximum absolute atomic E-state index is 10.1. The Hall–Kier alpha value is -2.66. The van der Waals surface area contributed by atoms with Gasteiger partial charge >= 0.3 is 0 Å². The Morgan fingerprint density at radius 1 is 1.08 bits per heavy atom. The first kappa shape index (κ1) is 16.2. The number of aryl methyl sites for hydroxylation is 1. The van der Waals surface area contributed by atoms with Gasteiger partial charge in [0.2, 0.25) is 0 Å². The molecule has 124 valence electrons. The van der Waals surface area contributed by atoms with Crippen molar-refractivity contribution in [3.05, 3.63) is 66.5 Å². The lowest BCUT2D eigenvalue weighted by molar-refractivity contribution is 0.0893. The van der Waals surface area contributed by atoms with Crippen LogP contribution in [0.2, 0.25) is 0 Å². The van der Waals surface area contributed by atoms with Crippen LogP contribution in [0.5, 0.6) is 5.75 Å². The molecule has 1 unspecified atom stereocenters. The molecule has 0 bridgehead atoms. The molecule has 0 saturated heterocycles. The fourth-order valence-electron chi connectivity index (χ4n) is 2.38. The largest absolute Gasteiger partial charge is 0.491 e. The lowest BCUT2D eigenvalue weighted by Crippen LogP contribution is -2.23. The predicted octanol–water partition coefficient (Wildman–Crippen LogP) is 2.95. The lowest BCUT2D eigenvalue weighted by atomic mass is 10.2. The Balaban J connectivity index is 1.53. The molecule has 0 radical (unpaired) electrons. The Morgan fingerprint density at radius 3 is 2.54 bits per heavy atom. The van der Waals surface area contributed by atoms with Gasteiger partial charge in [0.05, 0.1) is 6.54 Å². The average molecular weight is 323 g/mol. The molecule has 3 rings (SSSR count). The van der Waals surface area contributed by atoms with E-state index in [4.69, 9.17) is 4.74 Å². The van der Waals surface area contributed by atoms with Gasteiger partial charge in [0.15, 0.2) is 5.82 Å². The molecule has 0 amide bonds. The highest BCUT2D eigenvalue weighted by Gasteiger charge is 2.09. The number of hydrogen-bond acceptors (Lipinski definition) is 4. The second kappa shape index (κ2) is 7.75. The zero-order valence-electron chi connectivity index (χ0n) is 13.7. The highest BCUT2D eigenvalue weighted by Crippen LogP contribution is 2.14. The van der Waals surface area contributed by atoms with Gasteiger partial charge in [0.1, 0.15) is 24.8 Å². The predicted molar refractivity (Wildman–Crippen MR) is 92.8 cm³/mol. The van der Waals surface area contributed by atoms with Crippen molar-refractivity contribution in [2.45, 2.75) is 26.0 Å². The van der Waals surface area contributed by atoms with Crippen molar-refractivity contribution in [3.8, 4) is 17.1 Å². The summed E-state index contributed by atoms with van der Waals surface area (Å²) in [6.07, 6.45) is 1.97. The number of nitrogens with zero attached hydrogens (tertiary/aromatic N) is 3. The van der Waals surface area contributed by atoms with Crippen LogP contribution in [-0.4, -0.2) is 32.6 Å². The molecule has 5 heteroatoms. The van der Waals surface area contributed by atoms with Gasteiger partial charge in [-0.15, -0.1) is 0 Å². The topological polar surface area (TPSA) is 60.2 Å². The highest BCUT2D eigenvalue weighted by atomic mass is 16.5. The lowest BCUT2D eigenvalue weighted by Gasteiger charge is -2.12. The fraction of sp³-hybridized carbons (Fsp3) is 0.263. The number of rotatable bonds is 7. The standard InChI is InChI=1S/C19H21N3O2/c1-2-15-8-10-18(11-9-15)24-13-17(23)12-22-14-20-19(21-22)16-6-4-3-5-7-16/h3-11,14,17,23H,2,12-13H2,1H3. The van der Waals surface area contributed by atoms with Gasteiger partial charge in [-0.25, -0.2) is 9.67 Å². The zero-order chi connectivity index (χ0) is 16.8. The van der Waals surface area contributed by atoms with Crippen molar-refractivity contribution in [3.63, 3.8) is 0 Å². The second-order valence-electron chi connectivity index (χ2n) is 5.62. The first-order valence-electron chi connectivity index (χ1n) is 8.09. The molecule has 1 aromatic heterocycles. The normalized spacial score (nSPS) is 12.1. The Kier molecular flexibility index (Phi) is 5.23. The van der Waals surface area contributed by atoms with Crippen LogP contribution in [0.25, 0.3) is 11.4 Å². The van der Waals surface area contributed by atoms with E-state index >= 15 is 0 Å². The highest BCUT2D eigenvalue weighted by molar-refractivity contribution is 5.53. The molecule has 1 N–H and O–H groups in total. The number of benzene rings is 2. The molecule has 0 aliphatic heterocycles. The summed E-state index contributed by atoms with van der Waals surface area (Å²) in [7, 11) is 0. The van der Waals surface area contributed by atoms with Gasteiger partial charge in [0, 0.05) is 5.56 Å². The van der Waals surface area contributed by atoms with Crippen LogP contribution in [0.15, 0.2) is 60.9 Å². The van der Waals surface area contributed by atoms with E-state index in [1.165, 1.54) is 5.56 Å². The SMILES string of the molecule is CCc1ccc(OCC(O)Cn2cnc(-c3ccccc3)n2)cc1. The van der Waals surface area contributed by atoms with E-state index in [2.05, 4.69) is 17.0 Å². The number of hydrogen-bond donors (Lipinski definition) is 1. The molecule has 0 saturated carbocycles. The summed E-state index contributed by atoms with van der Waals surface area (Å²) in [6, 6.07) is 17.7. The maximum atomic E-state index is 10.1. The fourth-order valence-corrected chi connectivity index (χ4v) is 2.38. The minimum Gasteiger partial charge on any atom is -0.491 e. The number of aliphatic hydroxyl groups excluding tert-OH is 1. The Bertz CT molecular complexity index is 754. The van der Waals surface area contributed by atoms with Crippen molar-refractivity contribution in [1.29, 1.82) is 0 Å². The molecule has 0 aliphatic carbocycles. The van der Waals surface area contributed by atoms with Crippen molar-refractivity contribution in [2.75, 3.05) is 6.61 Å². The van der Waals surface area contributed by atoms with Crippen LogP contribution in [0.3, 0.4) is 0 Å². The molecule has 24 heavy (non-hydrogen) atoms. The molecule has 1 atom stereocenters. The molecular weight excluding hydrogens is 302 g/mol. The second-order valence-corrected chi connectivity index (χ2v) is 5.62. The van der Waals surface area contributed by atoms with Crippen LogP contribution < -0.4 is 4.74 Å². The van der Waals surface area contributed by atoms with E-state index in [1.54, 1.807) is 11.0 Å². The molecule has 0 fully saturated rings. The Labute approximate surface area is 141 Å². The molecular formula is C19H21N3O2. The molecule has 3 aromatic rings. The zero-order valence-corrected chi connectivity index (χ0v) is 13.7. The average Bonchev–Trinajstić information content (AvgIpc) is 3.09. The van der Waals surface area contributed by atoms with Gasteiger partial charge in [-0.1, -0.05) is 49.4 Å². The summed E-state index contributed by atoms with van der Waals surface area (Å²) >= 11 is 0. The summed E-state index contributed by atoms with van der Waals surface area (Å²) < 4.78 is 7.25. The number of ether oxygens (including phenoxy) is 1. The summed E-state index contributed by atoms with van der Waals surface area (Å²) in [4.78, 5) is 4.28. The van der Waals surface area contributed by atoms with E-state index in [0.29, 0.717) is 12.4 Å². The van der Waals surface area contributed by atoms with Crippen LogP contribution in [0, 0.1) is 0 Å². The van der Waals surface area contributed by atoms with Crippen LogP contribution >= 0.6 is 0 Å². The van der Waals surface area contributed by atoms with Crippen LogP contribution in [0.1, 0.15) is 12.5 Å². The van der Waals surface area contributed by atoms with E-state index in [-0.39, 0.29) is 6.61 Å². The Morgan fingerprint density at radius 2 is 1.83 bits per heavy atom. The van der Waals surface area contributed by atoms with E-state index < -0.39 is 6.10 Å². The smallest absolute Gasteiger partial charge is 0.181 e. The third-order valence-electron chi connectivity index (χ3n) is 3.74. The maximum Gasteiger partial charge on any atom is 0.181 e. The molecule has 1 heterocycles. The van der Waals surface area contributed by atoms with Crippen LogP contribution in [-0.2, 0) is 13.0 Å². The van der Waals surface area contributed by atoms with Gasteiger partial charge in [-0.05, 0) is 24.1 Å². The van der Waals surface area contributed by atoms with E-state index in [1.807, 2.05) is 54.6 Å². The van der Waals surface area contributed by atoms with Crippen molar-refractivity contribution >= 4 is 0 Å². The number of aromatic nitrogens is 3.